The number of hydrogen-bond donors (Lipinski definition) is 2. The van der Waals surface area contributed by atoms with Crippen molar-refractivity contribution in [1.82, 2.24) is 35.1 Å². The van der Waals surface area contributed by atoms with Crippen LogP contribution in [0.15, 0.2) is 24.3 Å². The van der Waals surface area contributed by atoms with Crippen LogP contribution in [0.5, 0.6) is 0 Å². The van der Waals surface area contributed by atoms with Crippen molar-refractivity contribution in [2.24, 2.45) is 11.8 Å². The number of β-amino-alcohol motifs (C(OH)–C–C–N with tert-alkyl or cyclic N) is 1. The average molecular weight is 890 g/mol. The van der Waals surface area contributed by atoms with Crippen molar-refractivity contribution in [2.45, 2.75) is 147 Å². The van der Waals surface area contributed by atoms with E-state index in [0.29, 0.717) is 54.9 Å². The minimum atomic E-state index is -0.307. The van der Waals surface area contributed by atoms with Crippen molar-refractivity contribution in [3.8, 4) is 0 Å². The van der Waals surface area contributed by atoms with Crippen LogP contribution in [0.3, 0.4) is 0 Å². The summed E-state index contributed by atoms with van der Waals surface area (Å²) in [6.07, 6.45) is 16.8. The predicted molar refractivity (Wildman–Crippen MR) is 245 cm³/mol. The first-order valence-corrected chi connectivity index (χ1v) is 23.6. The van der Waals surface area contributed by atoms with Crippen molar-refractivity contribution in [2.75, 3.05) is 73.6 Å². The van der Waals surface area contributed by atoms with E-state index in [2.05, 4.69) is 58.5 Å². The molecule has 16 heteroatoms. The van der Waals surface area contributed by atoms with E-state index in [4.69, 9.17) is 9.94 Å². The first-order chi connectivity index (χ1) is 29.2. The highest BCUT2D eigenvalue weighted by Crippen LogP contribution is 2.37. The van der Waals surface area contributed by atoms with Gasteiger partial charge in [0.25, 0.3) is 0 Å². The molecule has 0 saturated carbocycles. The fraction of sp³-hybridized carbons (Fsp3) is 0.783. The number of Topliss-reactive ketones (excluding diaryl/α,β-unsaturated/α-hetero) is 6. The van der Waals surface area contributed by atoms with Gasteiger partial charge >= 0.3 is 0 Å². The number of nitrogens with one attached hydrogen (secondary N) is 1. The molecule has 6 saturated heterocycles. The van der Waals surface area contributed by atoms with E-state index < -0.39 is 0 Å². The zero-order valence-corrected chi connectivity index (χ0v) is 40.6. The third kappa shape index (κ3) is 15.6. The van der Waals surface area contributed by atoms with E-state index in [0.717, 1.165) is 49.8 Å². The lowest BCUT2D eigenvalue weighted by Gasteiger charge is -2.26. The molecule has 11 atom stereocenters. The van der Waals surface area contributed by atoms with Crippen molar-refractivity contribution >= 4 is 46.5 Å². The number of aliphatic hydroxyl groups is 1. The number of thioether (sulfide) groups is 1. The molecule has 0 aromatic heterocycles. The van der Waals surface area contributed by atoms with Crippen LogP contribution in [0.25, 0.3) is 0 Å². The number of hydroxylamine groups is 2. The zero-order valence-electron chi connectivity index (χ0n) is 39.7. The van der Waals surface area contributed by atoms with E-state index in [-0.39, 0.29) is 59.7 Å². The SMILES string of the molecule is CC(=O)C1CC(O)CN1C.CC(=O)C1CC2CC=CC2N1C.CC(=O)C1CC2CCC=CC2N1C.CC(=O)C1CCNN1C.CC(=O)C1CCON1C.CC(=O)C1CSCN1C. The molecule has 0 bridgehead atoms. The van der Waals surface area contributed by atoms with E-state index in [1.165, 1.54) is 19.3 Å². The van der Waals surface area contributed by atoms with Crippen LogP contribution in [-0.4, -0.2) is 198 Å². The van der Waals surface area contributed by atoms with Gasteiger partial charge in [0.2, 0.25) is 0 Å². The number of likely N-dealkylation sites (N-methyl/N-ethyl adjacent to an activating group) is 6. The van der Waals surface area contributed by atoms with Crippen molar-refractivity contribution in [3.05, 3.63) is 24.3 Å². The van der Waals surface area contributed by atoms with Gasteiger partial charge in [-0.3, -0.25) is 58.6 Å². The van der Waals surface area contributed by atoms with Gasteiger partial charge in [-0.15, -0.1) is 11.8 Å². The van der Waals surface area contributed by atoms with E-state index in [1.54, 1.807) is 53.7 Å². The molecule has 11 unspecified atom stereocenters. The summed E-state index contributed by atoms with van der Waals surface area (Å²) in [6.45, 7) is 12.1. The maximum Gasteiger partial charge on any atom is 0.149 e. The summed E-state index contributed by atoms with van der Waals surface area (Å²) in [5, 5.41) is 12.6. The number of nitrogens with zero attached hydrogens (tertiary/aromatic N) is 6. The summed E-state index contributed by atoms with van der Waals surface area (Å²) in [4.78, 5) is 79.2. The van der Waals surface area contributed by atoms with Crippen LogP contribution in [0, 0.1) is 11.8 Å². The van der Waals surface area contributed by atoms with Gasteiger partial charge in [-0.05, 0) is 133 Å². The van der Waals surface area contributed by atoms with Gasteiger partial charge < -0.3 is 5.11 Å². The molecular formula is C46H79N7O8S. The summed E-state index contributed by atoms with van der Waals surface area (Å²) >= 11 is 1.82. The monoisotopic (exact) mass is 890 g/mol. The van der Waals surface area contributed by atoms with Gasteiger partial charge in [-0.1, -0.05) is 24.3 Å². The molecule has 352 valence electrons. The predicted octanol–water partition coefficient (Wildman–Crippen LogP) is 3.05. The Morgan fingerprint density at radius 2 is 1.15 bits per heavy atom. The van der Waals surface area contributed by atoms with Gasteiger partial charge in [0.15, 0.2) is 0 Å². The summed E-state index contributed by atoms with van der Waals surface area (Å²) < 4.78 is 0. The van der Waals surface area contributed by atoms with Crippen LogP contribution in [0.1, 0.15) is 92.9 Å². The molecule has 15 nitrogen and oxygen atoms in total. The normalized spacial score (nSPS) is 34.2. The maximum atomic E-state index is 11.3. The Bertz CT molecular complexity index is 1510. The number of aliphatic hydroxyl groups excluding tert-OH is 1. The summed E-state index contributed by atoms with van der Waals surface area (Å²) in [7, 11) is 11.7. The molecule has 6 fully saturated rings. The number of rotatable bonds is 6. The van der Waals surface area contributed by atoms with Crippen LogP contribution < -0.4 is 5.43 Å². The molecule has 0 spiro atoms. The fourth-order valence-corrected chi connectivity index (χ4v) is 11.1. The maximum absolute atomic E-state index is 11.3. The Hall–Kier alpha value is -2.51. The molecule has 0 radical (unpaired) electrons. The Morgan fingerprint density at radius 3 is 1.48 bits per heavy atom. The molecule has 6 aliphatic heterocycles. The van der Waals surface area contributed by atoms with Crippen molar-refractivity contribution in [3.63, 3.8) is 0 Å². The van der Waals surface area contributed by atoms with E-state index >= 15 is 0 Å². The highest BCUT2D eigenvalue weighted by molar-refractivity contribution is 7.99. The number of fused-ring (bicyclic) bond motifs is 2. The summed E-state index contributed by atoms with van der Waals surface area (Å²) in [5.74, 6) is 4.95. The minimum Gasteiger partial charge on any atom is -0.392 e. The van der Waals surface area contributed by atoms with E-state index in [1.807, 2.05) is 42.8 Å². The fourth-order valence-electron chi connectivity index (χ4n) is 9.82. The standard InChI is InChI=1S/C11H17NO.C10H15NO.C7H13NO2.C6H12N2O.C6H11NO2.C6H11NOS/c1-8(13)11-7-9-5-3-4-6-10(9)12(11)2;1-7(12)10-6-8-4-3-5-9(8)11(10)2;1-5(9)7-3-6(10)4-8(7)2;1-5(9)6-3-4-7-8(6)2;1-5(8)6-3-4-9-7(6)2;1-5(8)6-3-9-4-7(6)2/h4,6,9-11H,3,5,7H2,1-2H3;3,5,8-10H,4,6H2,1-2H3;6-7,10H,3-4H2,1-2H3;6-7H,3-4H2,1-2H3;2*6H,3-4H2,1-2H3. The van der Waals surface area contributed by atoms with Crippen LogP contribution in [0.2, 0.25) is 0 Å². The lowest BCUT2D eigenvalue weighted by atomic mass is 9.89. The smallest absolute Gasteiger partial charge is 0.149 e. The third-order valence-electron chi connectivity index (χ3n) is 13.6. The van der Waals surface area contributed by atoms with Gasteiger partial charge in [0.05, 0.1) is 49.0 Å². The number of hydrogen-bond acceptors (Lipinski definition) is 16. The first kappa shape index (κ1) is 53.8. The second-order valence-corrected chi connectivity index (χ2v) is 19.3. The largest absolute Gasteiger partial charge is 0.392 e. The molecular weight excluding hydrogens is 811 g/mol. The molecule has 2 aliphatic carbocycles. The lowest BCUT2D eigenvalue weighted by Crippen LogP contribution is -2.36. The zero-order chi connectivity index (χ0) is 46.4. The molecule has 0 aromatic carbocycles. The van der Waals surface area contributed by atoms with Crippen molar-refractivity contribution in [1.29, 1.82) is 0 Å². The quantitative estimate of drug-likeness (QED) is 0.374. The Kier molecular flexibility index (Phi) is 22.4. The summed E-state index contributed by atoms with van der Waals surface area (Å²) in [5.41, 5.74) is 3.06. The van der Waals surface area contributed by atoms with Gasteiger partial charge in [-0.2, -0.15) is 5.06 Å². The van der Waals surface area contributed by atoms with Gasteiger partial charge in [0.1, 0.15) is 34.7 Å². The van der Waals surface area contributed by atoms with Crippen LogP contribution in [-0.2, 0) is 33.6 Å². The highest BCUT2D eigenvalue weighted by Gasteiger charge is 2.41. The minimum absolute atomic E-state index is 0.00463. The highest BCUT2D eigenvalue weighted by atomic mass is 32.2. The Labute approximate surface area is 376 Å². The van der Waals surface area contributed by atoms with Gasteiger partial charge in [-0.25, -0.2) is 5.01 Å². The number of carbonyl (C=O) groups is 6. The van der Waals surface area contributed by atoms with Gasteiger partial charge in [0, 0.05) is 50.9 Å². The average Bonchev–Trinajstić information content (AvgIpc) is 4.07. The third-order valence-corrected chi connectivity index (χ3v) is 14.7. The number of likely N-dealkylation sites (tertiary alicyclic amines) is 3. The molecule has 62 heavy (non-hydrogen) atoms. The lowest BCUT2D eigenvalue weighted by molar-refractivity contribution is -0.140. The Morgan fingerprint density at radius 1 is 0.613 bits per heavy atom. The summed E-state index contributed by atoms with van der Waals surface area (Å²) in [6, 6.07) is 1.70. The molecule has 0 aromatic rings. The Balaban J connectivity index is 0.000000200. The van der Waals surface area contributed by atoms with E-state index in [9.17, 15) is 28.8 Å². The number of carbonyl (C=O) groups excluding carboxylic acids is 6. The van der Waals surface area contributed by atoms with Crippen LogP contribution in [0.4, 0.5) is 0 Å². The molecule has 0 amide bonds. The van der Waals surface area contributed by atoms with Crippen LogP contribution >= 0.6 is 11.8 Å². The number of allylic oxidation sites excluding steroid dienone is 2. The molecule has 8 aliphatic rings. The second-order valence-electron chi connectivity index (χ2n) is 18.3. The second kappa shape index (κ2) is 25.8. The number of hydrazine groups is 1. The molecule has 8 rings (SSSR count). The number of ketones is 6. The van der Waals surface area contributed by atoms with Crippen molar-refractivity contribution < 1.29 is 38.7 Å². The first-order valence-electron chi connectivity index (χ1n) is 22.4. The molecule has 2 N–H and O–H groups in total. The topological polar surface area (TPSA) is 163 Å². The molecule has 6 heterocycles.